The van der Waals surface area contributed by atoms with Crippen molar-refractivity contribution in [1.82, 2.24) is 14.7 Å². The third kappa shape index (κ3) is 2.64. The largest absolute Gasteiger partial charge is 0.350 e. The van der Waals surface area contributed by atoms with Gasteiger partial charge in [0.15, 0.2) is 0 Å². The normalized spacial score (nSPS) is 11.1. The SMILES string of the molecule is Cc1ccn2cc(CNC(=O)C(C)C)nc2c1. The fourth-order valence-electron chi connectivity index (χ4n) is 1.60. The van der Waals surface area contributed by atoms with Crippen LogP contribution in [0.25, 0.3) is 5.65 Å². The molecule has 2 aromatic heterocycles. The van der Waals surface area contributed by atoms with Crippen LogP contribution in [0, 0.1) is 12.8 Å². The summed E-state index contributed by atoms with van der Waals surface area (Å²) in [7, 11) is 0. The van der Waals surface area contributed by atoms with Crippen molar-refractivity contribution in [3.63, 3.8) is 0 Å². The van der Waals surface area contributed by atoms with E-state index in [-0.39, 0.29) is 11.8 Å². The molecule has 0 aromatic carbocycles. The third-order valence-corrected chi connectivity index (χ3v) is 2.63. The summed E-state index contributed by atoms with van der Waals surface area (Å²) in [6.07, 6.45) is 3.92. The number of fused-ring (bicyclic) bond motifs is 1. The molecule has 4 nitrogen and oxygen atoms in total. The number of nitrogens with zero attached hydrogens (tertiary/aromatic N) is 2. The quantitative estimate of drug-likeness (QED) is 0.877. The Kier molecular flexibility index (Phi) is 3.13. The van der Waals surface area contributed by atoms with Gasteiger partial charge in [-0.1, -0.05) is 13.8 Å². The molecule has 0 unspecified atom stereocenters. The number of hydrogen-bond acceptors (Lipinski definition) is 2. The molecule has 0 aliphatic rings. The number of aryl methyl sites for hydroxylation is 1. The van der Waals surface area contributed by atoms with E-state index in [1.54, 1.807) is 0 Å². The lowest BCUT2D eigenvalue weighted by molar-refractivity contribution is -0.124. The Labute approximate surface area is 101 Å². The van der Waals surface area contributed by atoms with Crippen molar-refractivity contribution in [3.8, 4) is 0 Å². The summed E-state index contributed by atoms with van der Waals surface area (Å²) in [4.78, 5) is 15.9. The first kappa shape index (κ1) is 11.6. The molecule has 2 aromatic rings. The summed E-state index contributed by atoms with van der Waals surface area (Å²) >= 11 is 0. The van der Waals surface area contributed by atoms with Gasteiger partial charge in [-0.3, -0.25) is 4.79 Å². The van der Waals surface area contributed by atoms with Gasteiger partial charge in [-0.2, -0.15) is 0 Å². The fourth-order valence-corrected chi connectivity index (χ4v) is 1.60. The average Bonchev–Trinajstić information content (AvgIpc) is 2.67. The van der Waals surface area contributed by atoms with Crippen LogP contribution >= 0.6 is 0 Å². The zero-order valence-electron chi connectivity index (χ0n) is 10.4. The van der Waals surface area contributed by atoms with Crippen LogP contribution in [0.1, 0.15) is 25.1 Å². The van der Waals surface area contributed by atoms with E-state index in [1.807, 2.05) is 49.7 Å². The van der Waals surface area contributed by atoms with E-state index in [4.69, 9.17) is 0 Å². The van der Waals surface area contributed by atoms with Crippen LogP contribution in [0.4, 0.5) is 0 Å². The molecule has 0 fully saturated rings. The maximum Gasteiger partial charge on any atom is 0.222 e. The zero-order chi connectivity index (χ0) is 12.4. The summed E-state index contributed by atoms with van der Waals surface area (Å²) < 4.78 is 1.96. The van der Waals surface area contributed by atoms with Crippen LogP contribution < -0.4 is 5.32 Å². The number of imidazole rings is 1. The number of pyridine rings is 1. The van der Waals surface area contributed by atoms with Gasteiger partial charge in [0, 0.05) is 18.3 Å². The number of aromatic nitrogens is 2. The minimum absolute atomic E-state index is 0.00859. The molecule has 0 radical (unpaired) electrons. The minimum atomic E-state index is 0.00859. The molecular formula is C13H17N3O. The molecule has 1 N–H and O–H groups in total. The molecule has 4 heteroatoms. The Morgan fingerprint density at radius 1 is 1.53 bits per heavy atom. The molecule has 1 amide bonds. The van der Waals surface area contributed by atoms with Crippen molar-refractivity contribution < 1.29 is 4.79 Å². The highest BCUT2D eigenvalue weighted by atomic mass is 16.1. The maximum atomic E-state index is 11.4. The van der Waals surface area contributed by atoms with Gasteiger partial charge in [0.2, 0.25) is 5.91 Å². The van der Waals surface area contributed by atoms with E-state index in [1.165, 1.54) is 5.56 Å². The van der Waals surface area contributed by atoms with Crippen molar-refractivity contribution in [1.29, 1.82) is 0 Å². The molecule has 2 rings (SSSR count). The summed E-state index contributed by atoms with van der Waals surface area (Å²) in [5.74, 6) is 0.0625. The molecule has 0 aliphatic carbocycles. The summed E-state index contributed by atoms with van der Waals surface area (Å²) in [6, 6.07) is 4.05. The number of hydrogen-bond donors (Lipinski definition) is 1. The third-order valence-electron chi connectivity index (χ3n) is 2.63. The minimum Gasteiger partial charge on any atom is -0.350 e. The van der Waals surface area contributed by atoms with E-state index in [9.17, 15) is 4.79 Å². The summed E-state index contributed by atoms with van der Waals surface area (Å²) in [6.45, 7) is 6.28. The first-order valence-electron chi connectivity index (χ1n) is 5.78. The van der Waals surface area contributed by atoms with E-state index in [2.05, 4.69) is 10.3 Å². The Hall–Kier alpha value is -1.84. The topological polar surface area (TPSA) is 46.4 Å². The van der Waals surface area contributed by atoms with Crippen molar-refractivity contribution in [3.05, 3.63) is 35.8 Å². The highest BCUT2D eigenvalue weighted by molar-refractivity contribution is 5.77. The first-order valence-corrected chi connectivity index (χ1v) is 5.78. The molecule has 2 heterocycles. The predicted molar refractivity (Wildman–Crippen MR) is 66.6 cm³/mol. The van der Waals surface area contributed by atoms with Crippen molar-refractivity contribution in [2.45, 2.75) is 27.3 Å². The van der Waals surface area contributed by atoms with Gasteiger partial charge in [0.25, 0.3) is 0 Å². The van der Waals surface area contributed by atoms with Crippen LogP contribution in [-0.2, 0) is 11.3 Å². The Morgan fingerprint density at radius 2 is 2.29 bits per heavy atom. The van der Waals surface area contributed by atoms with Crippen LogP contribution in [0.2, 0.25) is 0 Å². The van der Waals surface area contributed by atoms with Crippen molar-refractivity contribution in [2.75, 3.05) is 0 Å². The second-order valence-corrected chi connectivity index (χ2v) is 4.57. The van der Waals surface area contributed by atoms with Gasteiger partial charge in [-0.25, -0.2) is 4.98 Å². The Morgan fingerprint density at radius 3 is 3.00 bits per heavy atom. The van der Waals surface area contributed by atoms with E-state index >= 15 is 0 Å². The number of amides is 1. The van der Waals surface area contributed by atoms with Crippen molar-refractivity contribution >= 4 is 11.6 Å². The molecule has 90 valence electrons. The van der Waals surface area contributed by atoms with Crippen LogP contribution in [0.15, 0.2) is 24.5 Å². The molecule has 0 aliphatic heterocycles. The van der Waals surface area contributed by atoms with Gasteiger partial charge in [0.05, 0.1) is 12.2 Å². The first-order chi connectivity index (χ1) is 8.06. The Balaban J connectivity index is 2.12. The smallest absolute Gasteiger partial charge is 0.222 e. The number of nitrogens with one attached hydrogen (secondary N) is 1. The summed E-state index contributed by atoms with van der Waals surface area (Å²) in [5, 5.41) is 2.86. The number of carbonyl (C=O) groups is 1. The van der Waals surface area contributed by atoms with Crippen LogP contribution in [-0.4, -0.2) is 15.3 Å². The molecule has 0 atom stereocenters. The van der Waals surface area contributed by atoms with Gasteiger partial charge in [0.1, 0.15) is 5.65 Å². The second-order valence-electron chi connectivity index (χ2n) is 4.57. The molecule has 0 bridgehead atoms. The highest BCUT2D eigenvalue weighted by Crippen LogP contribution is 2.07. The van der Waals surface area contributed by atoms with Gasteiger partial charge in [-0.05, 0) is 24.6 Å². The van der Waals surface area contributed by atoms with Crippen LogP contribution in [0.5, 0.6) is 0 Å². The Bertz CT molecular complexity index is 543. The number of carbonyl (C=O) groups excluding carboxylic acids is 1. The molecule has 0 saturated carbocycles. The van der Waals surface area contributed by atoms with Gasteiger partial charge >= 0.3 is 0 Å². The molecule has 0 spiro atoms. The summed E-state index contributed by atoms with van der Waals surface area (Å²) in [5.41, 5.74) is 2.98. The maximum absolute atomic E-state index is 11.4. The van der Waals surface area contributed by atoms with E-state index in [0.29, 0.717) is 6.54 Å². The zero-order valence-corrected chi connectivity index (χ0v) is 10.4. The van der Waals surface area contributed by atoms with E-state index < -0.39 is 0 Å². The molecular weight excluding hydrogens is 214 g/mol. The molecule has 0 saturated heterocycles. The van der Waals surface area contributed by atoms with E-state index in [0.717, 1.165) is 11.3 Å². The van der Waals surface area contributed by atoms with Crippen LogP contribution in [0.3, 0.4) is 0 Å². The average molecular weight is 231 g/mol. The number of rotatable bonds is 3. The van der Waals surface area contributed by atoms with Gasteiger partial charge in [-0.15, -0.1) is 0 Å². The lowest BCUT2D eigenvalue weighted by atomic mass is 10.2. The second kappa shape index (κ2) is 4.57. The van der Waals surface area contributed by atoms with Gasteiger partial charge < -0.3 is 9.72 Å². The van der Waals surface area contributed by atoms with Crippen molar-refractivity contribution in [2.24, 2.45) is 5.92 Å². The molecule has 17 heavy (non-hydrogen) atoms. The monoisotopic (exact) mass is 231 g/mol. The standard InChI is InChI=1S/C13H17N3O/c1-9(2)13(17)14-7-11-8-16-5-4-10(3)6-12(16)15-11/h4-6,8-9H,7H2,1-3H3,(H,14,17). The fraction of sp³-hybridized carbons (Fsp3) is 0.385. The lowest BCUT2D eigenvalue weighted by Crippen LogP contribution is -2.27. The lowest BCUT2D eigenvalue weighted by Gasteiger charge is -2.04. The predicted octanol–water partition coefficient (Wildman–Crippen LogP) is 1.91. The highest BCUT2D eigenvalue weighted by Gasteiger charge is 2.07.